The van der Waals surface area contributed by atoms with Crippen LogP contribution in [0.2, 0.25) is 0 Å². The van der Waals surface area contributed by atoms with Crippen molar-refractivity contribution >= 4 is 23.2 Å². The molecule has 0 saturated carbocycles. The van der Waals surface area contributed by atoms with E-state index in [-0.39, 0.29) is 23.7 Å². The minimum absolute atomic E-state index is 0.0786. The Labute approximate surface area is 115 Å². The van der Waals surface area contributed by atoms with E-state index in [0.29, 0.717) is 5.69 Å². The minimum atomic E-state index is -0.568. The molecule has 7 nitrogen and oxygen atoms in total. The van der Waals surface area contributed by atoms with Crippen LogP contribution in [0, 0.1) is 10.1 Å². The van der Waals surface area contributed by atoms with Gasteiger partial charge in [0.1, 0.15) is 6.54 Å². The Morgan fingerprint density at radius 2 is 1.95 bits per heavy atom. The average Bonchev–Trinajstić information content (AvgIpc) is 2.45. The second-order valence-electron chi connectivity index (χ2n) is 5.60. The van der Waals surface area contributed by atoms with Gasteiger partial charge in [-0.15, -0.1) is 0 Å². The first-order valence-electron chi connectivity index (χ1n) is 6.10. The predicted molar refractivity (Wildman–Crippen MR) is 72.5 cm³/mol. The average molecular weight is 277 g/mol. The Hall–Kier alpha value is -2.44. The number of non-ortho nitro benzene ring substituents is 1. The van der Waals surface area contributed by atoms with E-state index in [1.807, 2.05) is 0 Å². The number of hydrogen-bond acceptors (Lipinski definition) is 4. The zero-order chi connectivity index (χ0) is 15.1. The molecule has 0 saturated heterocycles. The van der Waals surface area contributed by atoms with Crippen LogP contribution in [0.4, 0.5) is 11.4 Å². The summed E-state index contributed by atoms with van der Waals surface area (Å²) in [6, 6.07) is 3.84. The highest BCUT2D eigenvalue weighted by molar-refractivity contribution is 6.09. The van der Waals surface area contributed by atoms with E-state index in [1.165, 1.54) is 23.1 Å². The van der Waals surface area contributed by atoms with Gasteiger partial charge < -0.3 is 10.2 Å². The van der Waals surface area contributed by atoms with Crippen molar-refractivity contribution in [1.29, 1.82) is 0 Å². The Kier molecular flexibility index (Phi) is 3.21. The van der Waals surface area contributed by atoms with Crippen molar-refractivity contribution in [3.63, 3.8) is 0 Å². The number of nitro benzene ring substituents is 1. The quantitative estimate of drug-likeness (QED) is 0.625. The van der Waals surface area contributed by atoms with Crippen molar-refractivity contribution in [3.05, 3.63) is 33.9 Å². The van der Waals surface area contributed by atoms with E-state index in [9.17, 15) is 19.7 Å². The normalized spacial score (nSPS) is 15.4. The van der Waals surface area contributed by atoms with E-state index in [1.54, 1.807) is 20.8 Å². The fourth-order valence-corrected chi connectivity index (χ4v) is 2.02. The van der Waals surface area contributed by atoms with Crippen molar-refractivity contribution in [1.82, 2.24) is 4.90 Å². The van der Waals surface area contributed by atoms with Gasteiger partial charge in [0, 0.05) is 17.7 Å². The Morgan fingerprint density at radius 3 is 2.50 bits per heavy atom. The zero-order valence-corrected chi connectivity index (χ0v) is 11.5. The number of carbonyl (C=O) groups is 2. The molecule has 2 rings (SSSR count). The molecule has 20 heavy (non-hydrogen) atoms. The summed E-state index contributed by atoms with van der Waals surface area (Å²) in [5.41, 5.74) is -0.292. The van der Waals surface area contributed by atoms with Crippen LogP contribution in [0.25, 0.3) is 0 Å². The smallest absolute Gasteiger partial charge is 0.270 e. The van der Waals surface area contributed by atoms with Gasteiger partial charge in [-0.1, -0.05) is 0 Å². The second-order valence-corrected chi connectivity index (χ2v) is 5.60. The number of anilines is 1. The topological polar surface area (TPSA) is 92.6 Å². The number of amides is 2. The summed E-state index contributed by atoms with van der Waals surface area (Å²) in [5, 5.41) is 13.4. The molecule has 1 aromatic carbocycles. The second kappa shape index (κ2) is 4.59. The summed E-state index contributed by atoms with van der Waals surface area (Å²) in [6.45, 7) is 5.34. The molecule has 0 fully saturated rings. The van der Waals surface area contributed by atoms with Gasteiger partial charge in [-0.25, -0.2) is 0 Å². The van der Waals surface area contributed by atoms with E-state index in [4.69, 9.17) is 0 Å². The molecule has 1 N–H and O–H groups in total. The van der Waals surface area contributed by atoms with Crippen molar-refractivity contribution in [2.24, 2.45) is 0 Å². The van der Waals surface area contributed by atoms with Crippen LogP contribution in [0.1, 0.15) is 31.1 Å². The van der Waals surface area contributed by atoms with Crippen LogP contribution in [-0.4, -0.2) is 33.7 Å². The molecule has 1 aliphatic heterocycles. The van der Waals surface area contributed by atoms with Gasteiger partial charge >= 0.3 is 0 Å². The van der Waals surface area contributed by atoms with E-state index >= 15 is 0 Å². The number of nitro groups is 1. The van der Waals surface area contributed by atoms with Gasteiger partial charge in [-0.2, -0.15) is 0 Å². The van der Waals surface area contributed by atoms with Crippen LogP contribution in [0.3, 0.4) is 0 Å². The lowest BCUT2D eigenvalue weighted by Gasteiger charge is -2.33. The Morgan fingerprint density at radius 1 is 1.30 bits per heavy atom. The summed E-state index contributed by atoms with van der Waals surface area (Å²) in [5.74, 6) is -0.713. The SMILES string of the molecule is CC(C)(C)N1CC(=O)Nc2ccc([N+](=O)[O-])cc2C1=O. The third-order valence-electron chi connectivity index (χ3n) is 3.08. The number of nitrogens with zero attached hydrogens (tertiary/aromatic N) is 2. The molecule has 0 spiro atoms. The van der Waals surface area contributed by atoms with Gasteiger partial charge in [-0.3, -0.25) is 19.7 Å². The number of benzene rings is 1. The maximum absolute atomic E-state index is 12.5. The third-order valence-corrected chi connectivity index (χ3v) is 3.08. The summed E-state index contributed by atoms with van der Waals surface area (Å²) < 4.78 is 0. The largest absolute Gasteiger partial charge is 0.324 e. The van der Waals surface area contributed by atoms with Crippen molar-refractivity contribution in [3.8, 4) is 0 Å². The van der Waals surface area contributed by atoms with Crippen molar-refractivity contribution in [2.45, 2.75) is 26.3 Å². The number of rotatable bonds is 1. The molecule has 2 amide bonds. The number of hydrogen-bond donors (Lipinski definition) is 1. The van der Waals surface area contributed by atoms with Gasteiger partial charge in [0.05, 0.1) is 16.2 Å². The van der Waals surface area contributed by atoms with E-state index in [0.717, 1.165) is 0 Å². The fourth-order valence-electron chi connectivity index (χ4n) is 2.02. The van der Waals surface area contributed by atoms with Crippen molar-refractivity contribution in [2.75, 3.05) is 11.9 Å². The Balaban J connectivity index is 2.56. The minimum Gasteiger partial charge on any atom is -0.324 e. The molecular weight excluding hydrogens is 262 g/mol. The first-order chi connectivity index (χ1) is 9.20. The van der Waals surface area contributed by atoms with Gasteiger partial charge in [-0.05, 0) is 26.8 Å². The molecule has 1 heterocycles. The lowest BCUT2D eigenvalue weighted by Crippen LogP contribution is -2.47. The number of carbonyl (C=O) groups excluding carboxylic acids is 2. The highest BCUT2D eigenvalue weighted by Gasteiger charge is 2.34. The first kappa shape index (κ1) is 14.0. The summed E-state index contributed by atoms with van der Waals surface area (Å²) in [4.78, 5) is 36.0. The van der Waals surface area contributed by atoms with E-state index < -0.39 is 16.4 Å². The number of fused-ring (bicyclic) bond motifs is 1. The van der Waals surface area contributed by atoms with Crippen LogP contribution in [-0.2, 0) is 4.79 Å². The lowest BCUT2D eigenvalue weighted by molar-refractivity contribution is -0.384. The summed E-state index contributed by atoms with van der Waals surface area (Å²) in [6.07, 6.45) is 0. The maximum atomic E-state index is 12.5. The molecule has 0 aliphatic carbocycles. The molecule has 1 aliphatic rings. The summed E-state index contributed by atoms with van der Waals surface area (Å²) >= 11 is 0. The zero-order valence-electron chi connectivity index (χ0n) is 11.5. The van der Waals surface area contributed by atoms with Crippen molar-refractivity contribution < 1.29 is 14.5 Å². The molecule has 1 aromatic rings. The molecular formula is C13H15N3O4. The Bertz CT molecular complexity index is 604. The molecule has 0 aromatic heterocycles. The first-order valence-corrected chi connectivity index (χ1v) is 6.10. The van der Waals surface area contributed by atoms with Crippen LogP contribution >= 0.6 is 0 Å². The van der Waals surface area contributed by atoms with Crippen LogP contribution in [0.5, 0.6) is 0 Å². The number of nitrogens with one attached hydrogen (secondary N) is 1. The molecule has 106 valence electrons. The van der Waals surface area contributed by atoms with Gasteiger partial charge in [0.25, 0.3) is 11.6 Å². The molecule has 7 heteroatoms. The monoisotopic (exact) mass is 277 g/mol. The van der Waals surface area contributed by atoms with E-state index in [2.05, 4.69) is 5.32 Å². The lowest BCUT2D eigenvalue weighted by atomic mass is 10.0. The standard InChI is InChI=1S/C13H15N3O4/c1-13(2,3)15-7-11(17)14-10-5-4-8(16(19)20)6-9(10)12(15)18/h4-6H,7H2,1-3H3,(H,14,17). The molecule has 0 atom stereocenters. The van der Waals surface area contributed by atoms with Crippen LogP contribution < -0.4 is 5.32 Å². The van der Waals surface area contributed by atoms with Gasteiger partial charge in [0.15, 0.2) is 0 Å². The maximum Gasteiger partial charge on any atom is 0.270 e. The highest BCUT2D eigenvalue weighted by atomic mass is 16.6. The van der Waals surface area contributed by atoms with Crippen LogP contribution in [0.15, 0.2) is 18.2 Å². The predicted octanol–water partition coefficient (Wildman–Crippen LogP) is 1.79. The van der Waals surface area contributed by atoms with Gasteiger partial charge in [0.2, 0.25) is 5.91 Å². The molecule has 0 unspecified atom stereocenters. The molecule has 0 radical (unpaired) electrons. The summed E-state index contributed by atoms with van der Waals surface area (Å²) in [7, 11) is 0. The third kappa shape index (κ3) is 2.47. The molecule has 0 bridgehead atoms. The fraction of sp³-hybridized carbons (Fsp3) is 0.385. The highest BCUT2D eigenvalue weighted by Crippen LogP contribution is 2.28.